The van der Waals surface area contributed by atoms with E-state index in [0.717, 1.165) is 0 Å². The van der Waals surface area contributed by atoms with E-state index in [1.807, 2.05) is 44.7 Å². The molecule has 0 aromatic rings. The summed E-state index contributed by atoms with van der Waals surface area (Å²) < 4.78 is 11.1. The molecular formula is C26H45N5O6. The number of hydrogen-bond donors (Lipinski definition) is 1. The normalized spacial score (nSPS) is 26.1. The van der Waals surface area contributed by atoms with Crippen LogP contribution in [0.15, 0.2) is 0 Å². The Morgan fingerprint density at radius 1 is 0.946 bits per heavy atom. The van der Waals surface area contributed by atoms with Crippen LogP contribution >= 0.6 is 0 Å². The van der Waals surface area contributed by atoms with Gasteiger partial charge in [0.15, 0.2) is 0 Å². The lowest BCUT2D eigenvalue weighted by atomic mass is 9.91. The molecule has 0 spiro atoms. The Labute approximate surface area is 220 Å². The number of nitrogens with zero attached hydrogens (tertiary/aromatic N) is 4. The molecule has 3 saturated heterocycles. The highest BCUT2D eigenvalue weighted by atomic mass is 16.5. The van der Waals surface area contributed by atoms with Gasteiger partial charge in [-0.15, -0.1) is 0 Å². The average Bonchev–Trinajstić information content (AvgIpc) is 3.28. The lowest BCUT2D eigenvalue weighted by Crippen LogP contribution is -2.57. The number of piperidine rings is 1. The molecule has 3 fully saturated rings. The molecule has 3 heterocycles. The Balaban J connectivity index is 1.75. The van der Waals surface area contributed by atoms with E-state index in [1.165, 1.54) is 0 Å². The molecule has 3 aliphatic heterocycles. The fourth-order valence-corrected chi connectivity index (χ4v) is 5.38. The van der Waals surface area contributed by atoms with Gasteiger partial charge >= 0.3 is 0 Å². The van der Waals surface area contributed by atoms with Crippen molar-refractivity contribution in [3.63, 3.8) is 0 Å². The van der Waals surface area contributed by atoms with Crippen molar-refractivity contribution in [3.8, 4) is 0 Å². The minimum absolute atomic E-state index is 0.0894. The van der Waals surface area contributed by atoms with Gasteiger partial charge in [-0.1, -0.05) is 20.8 Å². The molecule has 0 radical (unpaired) electrons. The molecule has 210 valence electrons. The Morgan fingerprint density at radius 3 is 2.27 bits per heavy atom. The third-order valence-electron chi connectivity index (χ3n) is 7.33. The number of likely N-dealkylation sites (tertiary alicyclic amines) is 1. The van der Waals surface area contributed by atoms with Crippen molar-refractivity contribution in [1.82, 2.24) is 24.9 Å². The molecule has 11 heteroatoms. The predicted octanol–water partition coefficient (Wildman–Crippen LogP) is -0.0637. The average molecular weight is 524 g/mol. The number of likely N-dealkylation sites (N-methyl/N-ethyl adjacent to an activating group) is 1. The summed E-state index contributed by atoms with van der Waals surface area (Å²) in [4.78, 5) is 59.7. The summed E-state index contributed by atoms with van der Waals surface area (Å²) in [5, 5.41) is 2.90. The number of ether oxygens (including phenoxy) is 2. The van der Waals surface area contributed by atoms with Gasteiger partial charge in [0.1, 0.15) is 19.2 Å². The van der Waals surface area contributed by atoms with Gasteiger partial charge in [0.25, 0.3) is 0 Å². The first kappa shape index (κ1) is 29.3. The first-order valence-corrected chi connectivity index (χ1v) is 13.4. The molecule has 0 unspecified atom stereocenters. The van der Waals surface area contributed by atoms with Crippen molar-refractivity contribution in [2.24, 2.45) is 5.41 Å². The van der Waals surface area contributed by atoms with Gasteiger partial charge in [-0.25, -0.2) is 0 Å². The van der Waals surface area contributed by atoms with Crippen LogP contribution in [0.1, 0.15) is 46.5 Å². The summed E-state index contributed by atoms with van der Waals surface area (Å²) in [6.45, 7) is 8.66. The summed E-state index contributed by atoms with van der Waals surface area (Å²) in [6, 6.07) is -0.909. The van der Waals surface area contributed by atoms with Crippen LogP contribution in [0.2, 0.25) is 0 Å². The van der Waals surface area contributed by atoms with E-state index >= 15 is 0 Å². The molecule has 0 aliphatic carbocycles. The molecule has 37 heavy (non-hydrogen) atoms. The topological polar surface area (TPSA) is 112 Å². The van der Waals surface area contributed by atoms with E-state index in [9.17, 15) is 19.2 Å². The molecule has 0 saturated carbocycles. The standard InChI is InChI=1S/C26H45N5O6/c1-26(2,3)16-21(32)29-10-6-19(7-11-29)31-17-22(33)30-12-8-20(28(4)5)24(30)25(35)27-9-13-36-14-15-37-18-23(31)34/h19-20,24H,6-18H2,1-5H3,(H,27,35)/t20-,24+/m1/s1. The second kappa shape index (κ2) is 13.0. The van der Waals surface area contributed by atoms with E-state index in [0.29, 0.717) is 65.1 Å². The first-order valence-electron chi connectivity index (χ1n) is 13.4. The highest BCUT2D eigenvalue weighted by molar-refractivity contribution is 5.91. The fraction of sp³-hybridized carbons (Fsp3) is 0.846. The number of rotatable bonds is 3. The zero-order valence-corrected chi connectivity index (χ0v) is 23.2. The first-order chi connectivity index (χ1) is 17.5. The number of carbonyl (C=O) groups excluding carboxylic acids is 4. The molecule has 0 bridgehead atoms. The Kier molecular flexibility index (Phi) is 10.3. The van der Waals surface area contributed by atoms with E-state index in [2.05, 4.69) is 5.32 Å². The smallest absolute Gasteiger partial charge is 0.249 e. The van der Waals surface area contributed by atoms with E-state index in [1.54, 1.807) is 9.80 Å². The van der Waals surface area contributed by atoms with Gasteiger partial charge in [-0.3, -0.25) is 19.2 Å². The molecule has 11 nitrogen and oxygen atoms in total. The van der Waals surface area contributed by atoms with Crippen molar-refractivity contribution < 1.29 is 28.7 Å². The molecule has 1 N–H and O–H groups in total. The zero-order chi connectivity index (χ0) is 27.2. The molecular weight excluding hydrogens is 478 g/mol. The SMILES string of the molecule is CN(C)[C@@H]1CCN2C(=O)CN(C3CCN(C(=O)CC(C)(C)C)CC3)C(=O)COCCOCCNC(=O)[C@H]12. The molecule has 4 amide bonds. The maximum atomic E-state index is 13.6. The zero-order valence-electron chi connectivity index (χ0n) is 23.2. The van der Waals surface area contributed by atoms with Crippen molar-refractivity contribution in [2.75, 3.05) is 73.2 Å². The van der Waals surface area contributed by atoms with Crippen LogP contribution in [0.25, 0.3) is 0 Å². The summed E-state index contributed by atoms with van der Waals surface area (Å²) >= 11 is 0. The van der Waals surface area contributed by atoms with Gasteiger partial charge in [0.05, 0.1) is 19.8 Å². The minimum atomic E-state index is -0.627. The number of amides is 4. The molecule has 2 atom stereocenters. The van der Waals surface area contributed by atoms with Crippen LogP contribution in [-0.4, -0.2) is 135 Å². The predicted molar refractivity (Wildman–Crippen MR) is 138 cm³/mol. The Bertz CT molecular complexity index is 821. The molecule has 0 aromatic carbocycles. The summed E-state index contributed by atoms with van der Waals surface area (Å²) in [7, 11) is 3.82. The third kappa shape index (κ3) is 8.12. The Morgan fingerprint density at radius 2 is 1.62 bits per heavy atom. The van der Waals surface area contributed by atoms with Gasteiger partial charge in [-0.2, -0.15) is 0 Å². The number of nitrogens with one attached hydrogen (secondary N) is 1. The van der Waals surface area contributed by atoms with Crippen LogP contribution in [-0.2, 0) is 28.7 Å². The molecule has 3 aliphatic rings. The number of carbonyl (C=O) groups is 4. The second-order valence-corrected chi connectivity index (χ2v) is 11.7. The van der Waals surface area contributed by atoms with E-state index < -0.39 is 6.04 Å². The minimum Gasteiger partial charge on any atom is -0.377 e. The molecule has 0 aromatic heterocycles. The van der Waals surface area contributed by atoms with Crippen LogP contribution in [0.3, 0.4) is 0 Å². The van der Waals surface area contributed by atoms with Crippen LogP contribution in [0, 0.1) is 5.41 Å². The van der Waals surface area contributed by atoms with Crippen molar-refractivity contribution in [1.29, 1.82) is 0 Å². The molecule has 3 rings (SSSR count). The van der Waals surface area contributed by atoms with E-state index in [-0.39, 0.29) is 60.9 Å². The van der Waals surface area contributed by atoms with Gasteiger partial charge in [0, 0.05) is 44.7 Å². The Hall–Kier alpha value is -2.24. The third-order valence-corrected chi connectivity index (χ3v) is 7.33. The van der Waals surface area contributed by atoms with Crippen LogP contribution < -0.4 is 5.32 Å². The summed E-state index contributed by atoms with van der Waals surface area (Å²) in [5.74, 6) is -0.584. The van der Waals surface area contributed by atoms with Gasteiger partial charge < -0.3 is 34.4 Å². The lowest BCUT2D eigenvalue weighted by Gasteiger charge is -2.40. The van der Waals surface area contributed by atoms with E-state index in [4.69, 9.17) is 9.47 Å². The summed E-state index contributed by atoms with van der Waals surface area (Å²) in [5.41, 5.74) is -0.0894. The fourth-order valence-electron chi connectivity index (χ4n) is 5.38. The maximum Gasteiger partial charge on any atom is 0.249 e. The van der Waals surface area contributed by atoms with Crippen molar-refractivity contribution in [3.05, 3.63) is 0 Å². The lowest BCUT2D eigenvalue weighted by molar-refractivity contribution is -0.149. The highest BCUT2D eigenvalue weighted by Gasteiger charge is 2.44. The quantitative estimate of drug-likeness (QED) is 0.552. The highest BCUT2D eigenvalue weighted by Crippen LogP contribution is 2.25. The largest absolute Gasteiger partial charge is 0.377 e. The number of fused-ring (bicyclic) bond motifs is 1. The number of hydrogen-bond acceptors (Lipinski definition) is 7. The monoisotopic (exact) mass is 523 g/mol. The maximum absolute atomic E-state index is 13.6. The van der Waals surface area contributed by atoms with Crippen molar-refractivity contribution in [2.45, 2.75) is 64.6 Å². The van der Waals surface area contributed by atoms with Gasteiger partial charge in [0.2, 0.25) is 23.6 Å². The second-order valence-electron chi connectivity index (χ2n) is 11.7. The van der Waals surface area contributed by atoms with Crippen LogP contribution in [0.4, 0.5) is 0 Å². The van der Waals surface area contributed by atoms with Crippen LogP contribution in [0.5, 0.6) is 0 Å². The van der Waals surface area contributed by atoms with Crippen molar-refractivity contribution >= 4 is 23.6 Å². The van der Waals surface area contributed by atoms with Gasteiger partial charge in [-0.05, 0) is 38.8 Å². The summed E-state index contributed by atoms with van der Waals surface area (Å²) in [6.07, 6.45) is 2.35.